The molecule has 0 spiro atoms. The predicted octanol–water partition coefficient (Wildman–Crippen LogP) is 21.8. The van der Waals surface area contributed by atoms with Crippen molar-refractivity contribution in [1.29, 1.82) is 0 Å². The van der Waals surface area contributed by atoms with Gasteiger partial charge in [0.25, 0.3) is 0 Å². The number of aromatic nitrogens is 5. The largest absolute Gasteiger partial charge is 0.330 e. The third-order valence-corrected chi connectivity index (χ3v) is 21.0. The Balaban J connectivity index is 0.777. The van der Waals surface area contributed by atoms with E-state index in [1.807, 2.05) is 36.4 Å². The Labute approximate surface area is 580 Å². The highest BCUT2D eigenvalue weighted by molar-refractivity contribution is 6.12. The maximum Gasteiger partial charge on any atom is 0.164 e. The topological polar surface area (TPSA) is 55.0 Å². The Kier molecular flexibility index (Phi) is 13.4. The number of hydrogen-bond donors (Lipinski definition) is 0. The fourth-order valence-electron chi connectivity index (χ4n) is 16.2. The second-order valence-corrected chi connectivity index (χ2v) is 26.6. The van der Waals surface area contributed by atoms with Crippen molar-refractivity contribution < 1.29 is 0 Å². The number of para-hydroxylation sites is 1. The molecule has 470 valence electrons. The zero-order valence-corrected chi connectivity index (χ0v) is 54.6. The summed E-state index contributed by atoms with van der Waals surface area (Å²) in [5, 5.41) is 3.61. The first-order valence-electron chi connectivity index (χ1n) is 34.5. The quantitative estimate of drug-likeness (QED) is 0.129. The van der Waals surface area contributed by atoms with Gasteiger partial charge in [-0.25, -0.2) is 15.0 Å². The number of fused-ring (bicyclic) bond motifs is 10. The summed E-state index contributed by atoms with van der Waals surface area (Å²) in [5.41, 5.74) is 30.9. The van der Waals surface area contributed by atoms with E-state index in [4.69, 9.17) is 15.0 Å². The second kappa shape index (κ2) is 23.4. The first kappa shape index (κ1) is 57.3. The minimum atomic E-state index is -0.0605. The molecule has 2 aliphatic heterocycles. The molecule has 100 heavy (non-hydrogen) atoms. The van der Waals surface area contributed by atoms with Crippen molar-refractivity contribution in [2.75, 3.05) is 9.80 Å². The molecule has 2 atom stereocenters. The van der Waals surface area contributed by atoms with E-state index in [0.29, 0.717) is 17.5 Å². The third-order valence-electron chi connectivity index (χ3n) is 21.0. The zero-order valence-electron chi connectivity index (χ0n) is 54.6. The first-order chi connectivity index (χ1) is 49.6. The Morgan fingerprint density at radius 2 is 0.710 bits per heavy atom. The first-order valence-corrected chi connectivity index (χ1v) is 34.5. The van der Waals surface area contributed by atoms with Crippen LogP contribution < -0.4 is 9.80 Å². The lowest BCUT2D eigenvalue weighted by Gasteiger charge is -2.31. The molecule has 2 unspecified atom stereocenters. The summed E-state index contributed by atoms with van der Waals surface area (Å²) < 4.78 is 4.94. The molecule has 7 nitrogen and oxygen atoms in total. The molecule has 0 radical (unpaired) electrons. The summed E-state index contributed by atoms with van der Waals surface area (Å²) >= 11 is 0. The molecule has 7 heteroatoms. The van der Waals surface area contributed by atoms with E-state index in [1.54, 1.807) is 0 Å². The van der Waals surface area contributed by atoms with E-state index >= 15 is 0 Å². The SMILES string of the molecule is C1=CC2C(=C3CC(c4ccccc4)=CC=C3N2c2ccc3c(c2)c2cc(N4C5=Cc6c(c7cc(-c8ccccc8)ccc7n6-c6ccccc6)CC5=C5C=C(c6ccccc6)C=CC54)ccc2n3-c2ccc(-c3nc(-c4ccccc4)nc(-c4ccccc4)n3)cc2)C=C1c1ccccc1. The van der Waals surface area contributed by atoms with E-state index in [-0.39, 0.29) is 12.1 Å². The summed E-state index contributed by atoms with van der Waals surface area (Å²) in [5.74, 6) is 1.88. The summed E-state index contributed by atoms with van der Waals surface area (Å²) in [6.07, 6.45) is 23.3. The van der Waals surface area contributed by atoms with E-state index in [1.165, 1.54) is 106 Å². The summed E-state index contributed by atoms with van der Waals surface area (Å²) in [7, 11) is 0. The normalized spacial score (nSPS) is 16.6. The monoisotopic (exact) mass is 1280 g/mol. The standard InChI is InChI=1S/C93H63N7/c1-8-22-60(23-9-1)67-39-47-84-75(52-67)76-53-68(61-24-10-2-11-25-61)40-48-85(76)99(84)73-44-50-87-79(56-73)80-57-74(45-51-88(80)97(87)72-42-36-66(37-43-72)93-95-91(64-30-16-5-17-31-64)94-92(96-93)65-32-18-6-19-33-65)100-86-49-41-70(63-28-14-4-15-29-63)55-78(86)82-58-81-77-54-69(62-26-12-3-13-27-62)38-46-83(77)98(89(81)59-90(82)100)71-34-20-7-21-35-71/h1-52,54-57,59,84,86H,53,58H2. The summed E-state index contributed by atoms with van der Waals surface area (Å²) in [6.45, 7) is 0. The number of nitrogens with zero attached hydrogens (tertiary/aromatic N) is 7. The van der Waals surface area contributed by atoms with Crippen molar-refractivity contribution in [3.05, 3.63) is 401 Å². The molecule has 20 rings (SSSR count). The van der Waals surface area contributed by atoms with Crippen LogP contribution in [0, 0.1) is 0 Å². The lowest BCUT2D eigenvalue weighted by Crippen LogP contribution is -2.30. The van der Waals surface area contributed by atoms with Gasteiger partial charge in [-0.05, 0) is 182 Å². The van der Waals surface area contributed by atoms with Crippen molar-refractivity contribution >= 4 is 66.9 Å². The van der Waals surface area contributed by atoms with E-state index in [9.17, 15) is 0 Å². The van der Waals surface area contributed by atoms with Crippen LogP contribution in [0.5, 0.6) is 0 Å². The van der Waals surface area contributed by atoms with Crippen LogP contribution >= 0.6 is 0 Å². The lowest BCUT2D eigenvalue weighted by atomic mass is 9.87. The number of hydrogen-bond acceptors (Lipinski definition) is 5. The van der Waals surface area contributed by atoms with Gasteiger partial charge >= 0.3 is 0 Å². The Morgan fingerprint density at radius 3 is 1.24 bits per heavy atom. The van der Waals surface area contributed by atoms with Crippen LogP contribution in [0.25, 0.3) is 112 Å². The van der Waals surface area contributed by atoms with Gasteiger partial charge in [0, 0.05) is 79.8 Å². The van der Waals surface area contributed by atoms with Gasteiger partial charge in [-0.1, -0.05) is 237 Å². The van der Waals surface area contributed by atoms with Crippen molar-refractivity contribution in [1.82, 2.24) is 24.1 Å². The van der Waals surface area contributed by atoms with Crippen LogP contribution in [0.3, 0.4) is 0 Å². The van der Waals surface area contributed by atoms with Gasteiger partial charge in [0.05, 0.1) is 34.3 Å². The zero-order chi connectivity index (χ0) is 65.8. The van der Waals surface area contributed by atoms with Gasteiger partial charge < -0.3 is 18.9 Å². The molecule has 0 saturated carbocycles. The van der Waals surface area contributed by atoms with Crippen LogP contribution in [0.2, 0.25) is 0 Å². The number of benzene rings is 11. The summed E-state index contributed by atoms with van der Waals surface area (Å²) in [4.78, 5) is 20.5. The highest BCUT2D eigenvalue weighted by Crippen LogP contribution is 2.52. The summed E-state index contributed by atoms with van der Waals surface area (Å²) in [6, 6.07) is 105. The van der Waals surface area contributed by atoms with Crippen LogP contribution in [0.4, 0.5) is 11.4 Å². The predicted molar refractivity (Wildman–Crippen MR) is 412 cm³/mol. The molecule has 0 amide bonds. The maximum atomic E-state index is 5.14. The smallest absolute Gasteiger partial charge is 0.164 e. The average Bonchev–Trinajstić information content (AvgIpc) is 1.55. The van der Waals surface area contributed by atoms with Gasteiger partial charge in [0.15, 0.2) is 17.5 Å². The molecule has 0 bridgehead atoms. The molecule has 3 aromatic heterocycles. The fourth-order valence-corrected chi connectivity index (χ4v) is 16.2. The molecular weight excluding hydrogens is 1220 g/mol. The van der Waals surface area contributed by atoms with E-state index in [0.717, 1.165) is 68.7 Å². The number of rotatable bonds is 11. The highest BCUT2D eigenvalue weighted by atomic mass is 15.2. The van der Waals surface area contributed by atoms with Crippen LogP contribution in [-0.2, 0) is 6.42 Å². The van der Waals surface area contributed by atoms with Gasteiger partial charge in [0.1, 0.15) is 0 Å². The molecule has 0 N–H and O–H groups in total. The highest BCUT2D eigenvalue weighted by Gasteiger charge is 2.41. The maximum absolute atomic E-state index is 5.14. The van der Waals surface area contributed by atoms with Crippen LogP contribution in [0.1, 0.15) is 34.4 Å². The molecule has 11 aromatic carbocycles. The minimum Gasteiger partial charge on any atom is -0.330 e. The molecule has 4 aliphatic carbocycles. The van der Waals surface area contributed by atoms with Gasteiger partial charge in [-0.2, -0.15) is 0 Å². The molecule has 0 saturated heterocycles. The third kappa shape index (κ3) is 9.53. The minimum absolute atomic E-state index is 0.00895. The molecular formula is C93H63N7. The molecule has 0 fully saturated rings. The van der Waals surface area contributed by atoms with Crippen LogP contribution in [0.15, 0.2) is 373 Å². The number of allylic oxidation sites excluding steroid dienone is 9. The molecule has 14 aromatic rings. The second-order valence-electron chi connectivity index (χ2n) is 26.6. The molecule has 5 heterocycles. The fraction of sp³-hybridized carbons (Fsp3) is 0.0430. The van der Waals surface area contributed by atoms with E-state index < -0.39 is 0 Å². The van der Waals surface area contributed by atoms with Crippen molar-refractivity contribution in [2.24, 2.45) is 0 Å². The van der Waals surface area contributed by atoms with Crippen molar-refractivity contribution in [3.8, 4) is 56.7 Å². The number of anilines is 2. The van der Waals surface area contributed by atoms with Gasteiger partial charge in [0.2, 0.25) is 0 Å². The average molecular weight is 1280 g/mol. The Bertz CT molecular complexity index is 5910. The Hall–Kier alpha value is -13.0. The van der Waals surface area contributed by atoms with E-state index in [2.05, 4.69) is 328 Å². The van der Waals surface area contributed by atoms with Crippen molar-refractivity contribution in [3.63, 3.8) is 0 Å². The molecule has 6 aliphatic rings. The van der Waals surface area contributed by atoms with Gasteiger partial charge in [-0.15, -0.1) is 0 Å². The van der Waals surface area contributed by atoms with Crippen LogP contribution in [-0.4, -0.2) is 36.2 Å². The lowest BCUT2D eigenvalue weighted by molar-refractivity contribution is 0.915. The van der Waals surface area contributed by atoms with Gasteiger partial charge in [-0.3, -0.25) is 0 Å². The van der Waals surface area contributed by atoms with Crippen molar-refractivity contribution in [2.45, 2.75) is 24.9 Å². The Morgan fingerprint density at radius 1 is 0.300 bits per heavy atom.